The largest absolute Gasteiger partial charge is 0.489 e. The number of benzene rings is 1. The highest BCUT2D eigenvalue weighted by Crippen LogP contribution is 2.22. The molecule has 1 saturated heterocycles. The number of carboxylic acids is 1. The van der Waals surface area contributed by atoms with Gasteiger partial charge in [0.15, 0.2) is 5.76 Å². The van der Waals surface area contributed by atoms with Crippen LogP contribution in [0.3, 0.4) is 0 Å². The van der Waals surface area contributed by atoms with Gasteiger partial charge in [0.1, 0.15) is 18.1 Å². The number of carbonyl (C=O) groups excluding carboxylic acids is 1. The first-order valence-electron chi connectivity index (χ1n) is 8.34. The van der Waals surface area contributed by atoms with Crippen LogP contribution >= 0.6 is 0 Å². The van der Waals surface area contributed by atoms with Crippen molar-refractivity contribution < 1.29 is 23.8 Å². The van der Waals surface area contributed by atoms with Gasteiger partial charge in [-0.25, -0.2) is 0 Å². The molecular formula is C19H21NO5. The first-order chi connectivity index (χ1) is 12.0. The highest BCUT2D eigenvalue weighted by atomic mass is 16.5. The lowest BCUT2D eigenvalue weighted by Crippen LogP contribution is -2.42. The summed E-state index contributed by atoms with van der Waals surface area (Å²) in [6.07, 6.45) is 1.29. The fourth-order valence-corrected chi connectivity index (χ4v) is 2.97. The molecule has 1 aliphatic rings. The van der Waals surface area contributed by atoms with E-state index < -0.39 is 11.9 Å². The van der Waals surface area contributed by atoms with Crippen LogP contribution in [0.2, 0.25) is 0 Å². The van der Waals surface area contributed by atoms with Gasteiger partial charge >= 0.3 is 5.97 Å². The van der Waals surface area contributed by atoms with E-state index in [0.717, 1.165) is 11.3 Å². The van der Waals surface area contributed by atoms with Crippen molar-refractivity contribution in [1.82, 2.24) is 4.90 Å². The van der Waals surface area contributed by atoms with Gasteiger partial charge < -0.3 is 19.2 Å². The lowest BCUT2D eigenvalue weighted by Gasteiger charge is -2.29. The zero-order chi connectivity index (χ0) is 17.8. The van der Waals surface area contributed by atoms with E-state index in [1.807, 2.05) is 30.3 Å². The Morgan fingerprint density at radius 1 is 1.32 bits per heavy atom. The summed E-state index contributed by atoms with van der Waals surface area (Å²) >= 11 is 0. The van der Waals surface area contributed by atoms with Crippen LogP contribution in [0.5, 0.6) is 5.75 Å². The lowest BCUT2D eigenvalue weighted by molar-refractivity contribution is -0.143. The molecule has 3 rings (SSSR count). The Labute approximate surface area is 146 Å². The van der Waals surface area contributed by atoms with Crippen LogP contribution < -0.4 is 4.74 Å². The zero-order valence-electron chi connectivity index (χ0n) is 14.1. The molecule has 0 unspecified atom stereocenters. The van der Waals surface area contributed by atoms with E-state index in [2.05, 4.69) is 0 Å². The van der Waals surface area contributed by atoms with E-state index in [0.29, 0.717) is 31.8 Å². The number of carbonyl (C=O) groups is 2. The molecule has 25 heavy (non-hydrogen) atoms. The topological polar surface area (TPSA) is 80.0 Å². The number of aliphatic carboxylic acids is 1. The third-order valence-corrected chi connectivity index (χ3v) is 4.43. The molecule has 2 aromatic rings. The van der Waals surface area contributed by atoms with Crippen LogP contribution in [-0.4, -0.2) is 35.0 Å². The van der Waals surface area contributed by atoms with Crippen LogP contribution in [0.15, 0.2) is 40.8 Å². The van der Waals surface area contributed by atoms with Crippen LogP contribution in [0.1, 0.15) is 34.7 Å². The van der Waals surface area contributed by atoms with Crippen molar-refractivity contribution in [2.75, 3.05) is 13.1 Å². The third-order valence-electron chi connectivity index (χ3n) is 4.43. The number of carboxylic acid groups (broad SMARTS) is 1. The Morgan fingerprint density at radius 2 is 2.08 bits per heavy atom. The molecule has 1 aliphatic heterocycles. The van der Waals surface area contributed by atoms with Crippen molar-refractivity contribution >= 4 is 11.9 Å². The van der Waals surface area contributed by atoms with Crippen LogP contribution in [0, 0.1) is 12.8 Å². The normalized spacial score (nSPS) is 17.3. The minimum absolute atomic E-state index is 0.226. The zero-order valence-corrected chi connectivity index (χ0v) is 14.1. The first kappa shape index (κ1) is 17.1. The van der Waals surface area contributed by atoms with Crippen molar-refractivity contribution in [3.8, 4) is 5.75 Å². The van der Waals surface area contributed by atoms with E-state index in [1.165, 1.54) is 0 Å². The van der Waals surface area contributed by atoms with Gasteiger partial charge in [-0.2, -0.15) is 0 Å². The highest BCUT2D eigenvalue weighted by molar-refractivity contribution is 5.92. The van der Waals surface area contributed by atoms with Crippen molar-refractivity contribution in [2.24, 2.45) is 5.92 Å². The van der Waals surface area contributed by atoms with E-state index in [9.17, 15) is 9.59 Å². The summed E-state index contributed by atoms with van der Waals surface area (Å²) in [5, 5.41) is 9.16. The second-order valence-electron chi connectivity index (χ2n) is 6.22. The van der Waals surface area contributed by atoms with Gasteiger partial charge in [-0.15, -0.1) is 0 Å². The number of furan rings is 1. The Morgan fingerprint density at radius 3 is 2.80 bits per heavy atom. The Hall–Kier alpha value is -2.76. The molecule has 1 amide bonds. The van der Waals surface area contributed by atoms with Crippen LogP contribution in [0.4, 0.5) is 0 Å². The molecule has 0 bridgehead atoms. The number of para-hydroxylation sites is 1. The molecule has 132 valence electrons. The van der Waals surface area contributed by atoms with Crippen LogP contribution in [-0.2, 0) is 11.4 Å². The minimum Gasteiger partial charge on any atom is -0.489 e. The maximum atomic E-state index is 12.6. The molecular weight excluding hydrogens is 322 g/mol. The van der Waals surface area contributed by atoms with Gasteiger partial charge in [0, 0.05) is 18.7 Å². The summed E-state index contributed by atoms with van der Waals surface area (Å²) in [4.78, 5) is 25.3. The third kappa shape index (κ3) is 4.02. The Bertz CT molecular complexity index is 752. The van der Waals surface area contributed by atoms with Gasteiger partial charge in [-0.05, 0) is 38.0 Å². The molecule has 2 heterocycles. The predicted octanol–water partition coefficient (Wildman–Crippen LogP) is 3.10. The molecule has 6 nitrogen and oxygen atoms in total. The average molecular weight is 343 g/mol. The molecule has 0 saturated carbocycles. The first-order valence-corrected chi connectivity index (χ1v) is 8.34. The number of rotatable bonds is 5. The number of piperidine rings is 1. The number of ether oxygens (including phenoxy) is 1. The molecule has 0 radical (unpaired) electrons. The number of aryl methyl sites for hydroxylation is 1. The van der Waals surface area contributed by atoms with Crippen molar-refractivity contribution in [1.29, 1.82) is 0 Å². The lowest BCUT2D eigenvalue weighted by atomic mass is 9.98. The number of likely N-dealkylation sites (tertiary alicyclic amines) is 1. The smallest absolute Gasteiger partial charge is 0.308 e. The number of hydrogen-bond acceptors (Lipinski definition) is 4. The Balaban J connectivity index is 1.66. The summed E-state index contributed by atoms with van der Waals surface area (Å²) in [5.41, 5.74) is 0.805. The van der Waals surface area contributed by atoms with Gasteiger partial charge in [0.25, 0.3) is 5.91 Å². The molecule has 1 fully saturated rings. The fourth-order valence-electron chi connectivity index (χ4n) is 2.97. The second-order valence-corrected chi connectivity index (χ2v) is 6.22. The van der Waals surface area contributed by atoms with Crippen molar-refractivity contribution in [3.05, 3.63) is 53.5 Å². The minimum atomic E-state index is -0.856. The highest BCUT2D eigenvalue weighted by Gasteiger charge is 2.30. The molecule has 0 spiro atoms. The van der Waals surface area contributed by atoms with Crippen molar-refractivity contribution in [2.45, 2.75) is 26.4 Å². The number of amides is 1. The molecule has 0 aliphatic carbocycles. The number of hydrogen-bond donors (Lipinski definition) is 1. The van der Waals surface area contributed by atoms with Crippen molar-refractivity contribution in [3.63, 3.8) is 0 Å². The SMILES string of the molecule is Cc1oc(C(=O)N2CCC[C@@H](C(=O)O)C2)cc1COc1ccccc1. The summed E-state index contributed by atoms with van der Waals surface area (Å²) in [7, 11) is 0. The van der Waals surface area contributed by atoms with Gasteiger partial charge in [-0.1, -0.05) is 18.2 Å². The maximum Gasteiger partial charge on any atom is 0.308 e. The fraction of sp³-hybridized carbons (Fsp3) is 0.368. The standard InChI is InChI=1S/C19H21NO5/c1-13-15(12-24-16-7-3-2-4-8-16)10-17(25-13)18(21)20-9-5-6-14(11-20)19(22)23/h2-4,7-8,10,14H,5-6,9,11-12H2,1H3,(H,22,23)/t14-/m1/s1. The quantitative estimate of drug-likeness (QED) is 0.902. The predicted molar refractivity (Wildman–Crippen MR) is 90.5 cm³/mol. The summed E-state index contributed by atoms with van der Waals surface area (Å²) in [6.45, 7) is 2.88. The molecule has 1 N–H and O–H groups in total. The van der Waals surface area contributed by atoms with E-state index >= 15 is 0 Å². The van der Waals surface area contributed by atoms with Gasteiger partial charge in [-0.3, -0.25) is 9.59 Å². The van der Waals surface area contributed by atoms with Gasteiger partial charge in [0.2, 0.25) is 0 Å². The summed E-state index contributed by atoms with van der Waals surface area (Å²) in [5.74, 6) is -0.0164. The summed E-state index contributed by atoms with van der Waals surface area (Å²) < 4.78 is 11.3. The van der Waals surface area contributed by atoms with E-state index in [-0.39, 0.29) is 18.2 Å². The molecule has 1 aromatic heterocycles. The monoisotopic (exact) mass is 343 g/mol. The van der Waals surface area contributed by atoms with Crippen LogP contribution in [0.25, 0.3) is 0 Å². The number of nitrogens with zero attached hydrogens (tertiary/aromatic N) is 1. The summed E-state index contributed by atoms with van der Waals surface area (Å²) in [6, 6.07) is 11.1. The van der Waals surface area contributed by atoms with E-state index in [4.69, 9.17) is 14.3 Å². The second kappa shape index (κ2) is 7.42. The molecule has 6 heteroatoms. The maximum absolute atomic E-state index is 12.6. The Kier molecular flexibility index (Phi) is 5.07. The average Bonchev–Trinajstić information content (AvgIpc) is 3.01. The van der Waals surface area contributed by atoms with E-state index in [1.54, 1.807) is 17.9 Å². The molecule has 1 aromatic carbocycles. The molecule has 1 atom stereocenters. The van der Waals surface area contributed by atoms with Gasteiger partial charge in [0.05, 0.1) is 5.92 Å².